The number of thiophene rings is 1. The largest absolute Gasteiger partial charge is 0.347 e. The van der Waals surface area contributed by atoms with Crippen LogP contribution < -0.4 is 5.32 Å². The number of hydrogen-bond acceptors (Lipinski definition) is 5. The van der Waals surface area contributed by atoms with Crippen molar-refractivity contribution in [2.24, 2.45) is 0 Å². The van der Waals surface area contributed by atoms with Crippen LogP contribution in [0.25, 0.3) is 0 Å². The van der Waals surface area contributed by atoms with E-state index in [2.05, 4.69) is 5.32 Å². The Morgan fingerprint density at radius 2 is 2.10 bits per heavy atom. The minimum Gasteiger partial charge on any atom is -0.347 e. The first-order valence-corrected chi connectivity index (χ1v) is 8.86. The molecule has 1 saturated carbocycles. The molecule has 2 unspecified atom stereocenters. The zero-order chi connectivity index (χ0) is 14.8. The summed E-state index contributed by atoms with van der Waals surface area (Å²) >= 11 is 2.44. The highest BCUT2D eigenvalue weighted by atomic mass is 32.2. The van der Waals surface area contributed by atoms with Crippen molar-refractivity contribution in [1.82, 2.24) is 10.2 Å². The highest BCUT2D eigenvalue weighted by molar-refractivity contribution is 8.14. The Hall–Kier alpha value is -1.34. The molecule has 2 atom stereocenters. The summed E-state index contributed by atoms with van der Waals surface area (Å²) in [5.41, 5.74) is 0. The average molecular weight is 324 g/mol. The maximum absolute atomic E-state index is 12.2. The van der Waals surface area contributed by atoms with Crippen LogP contribution in [0, 0.1) is 0 Å². The van der Waals surface area contributed by atoms with Crippen LogP contribution in [0.5, 0.6) is 0 Å². The molecule has 0 aromatic carbocycles. The highest BCUT2D eigenvalue weighted by Crippen LogP contribution is 2.30. The Morgan fingerprint density at radius 1 is 1.29 bits per heavy atom. The van der Waals surface area contributed by atoms with Gasteiger partial charge in [-0.25, -0.2) is 0 Å². The molecule has 1 saturated heterocycles. The Bertz CT molecular complexity index is 543. The molecule has 5 nitrogen and oxygen atoms in total. The summed E-state index contributed by atoms with van der Waals surface area (Å²) in [4.78, 5) is 38.0. The number of carbonyl (C=O) groups excluding carboxylic acids is 3. The molecule has 2 fully saturated rings. The summed E-state index contributed by atoms with van der Waals surface area (Å²) < 4.78 is 0. The van der Waals surface area contributed by atoms with Gasteiger partial charge in [0.25, 0.3) is 11.1 Å². The van der Waals surface area contributed by atoms with Crippen LogP contribution in [-0.4, -0.2) is 39.8 Å². The van der Waals surface area contributed by atoms with Gasteiger partial charge in [-0.1, -0.05) is 30.7 Å². The SMILES string of the molecule is O=C(NC1CCCCC1N1C(=O)CSC1=O)c1cccs1. The maximum Gasteiger partial charge on any atom is 0.289 e. The first-order chi connectivity index (χ1) is 10.2. The van der Waals surface area contributed by atoms with Crippen LogP contribution in [0.2, 0.25) is 0 Å². The molecular formula is C14H16N2O3S2. The van der Waals surface area contributed by atoms with E-state index in [-0.39, 0.29) is 34.9 Å². The fraction of sp³-hybridized carbons (Fsp3) is 0.500. The van der Waals surface area contributed by atoms with E-state index in [0.717, 1.165) is 37.4 Å². The Labute approximate surface area is 131 Å². The normalized spacial score (nSPS) is 26.2. The topological polar surface area (TPSA) is 66.5 Å². The maximum atomic E-state index is 12.2. The van der Waals surface area contributed by atoms with E-state index in [1.54, 1.807) is 6.07 Å². The monoisotopic (exact) mass is 324 g/mol. The van der Waals surface area contributed by atoms with Crippen LogP contribution in [0.15, 0.2) is 17.5 Å². The van der Waals surface area contributed by atoms with Crippen molar-refractivity contribution >= 4 is 40.2 Å². The van der Waals surface area contributed by atoms with Gasteiger partial charge in [0.2, 0.25) is 5.91 Å². The minimum atomic E-state index is -0.197. The van der Waals surface area contributed by atoms with Gasteiger partial charge in [0, 0.05) is 0 Å². The summed E-state index contributed by atoms with van der Waals surface area (Å²) in [5, 5.41) is 4.69. The minimum absolute atomic E-state index is 0.117. The van der Waals surface area contributed by atoms with Crippen molar-refractivity contribution in [2.45, 2.75) is 37.8 Å². The molecule has 1 aliphatic heterocycles. The fourth-order valence-electron chi connectivity index (χ4n) is 2.92. The Morgan fingerprint density at radius 3 is 2.76 bits per heavy atom. The van der Waals surface area contributed by atoms with Gasteiger partial charge in [0.15, 0.2) is 0 Å². The van der Waals surface area contributed by atoms with Crippen LogP contribution in [0.4, 0.5) is 4.79 Å². The van der Waals surface area contributed by atoms with Crippen LogP contribution in [0.3, 0.4) is 0 Å². The molecule has 7 heteroatoms. The Kier molecular flexibility index (Phi) is 4.30. The van der Waals surface area contributed by atoms with Crippen molar-refractivity contribution in [3.05, 3.63) is 22.4 Å². The van der Waals surface area contributed by atoms with Gasteiger partial charge < -0.3 is 5.32 Å². The molecule has 2 aliphatic rings. The molecule has 1 aromatic heterocycles. The van der Waals surface area contributed by atoms with Crippen molar-refractivity contribution in [3.63, 3.8) is 0 Å². The third kappa shape index (κ3) is 2.98. The number of imide groups is 1. The molecular weight excluding hydrogens is 308 g/mol. The lowest BCUT2D eigenvalue weighted by atomic mass is 9.89. The van der Waals surface area contributed by atoms with E-state index >= 15 is 0 Å². The first-order valence-electron chi connectivity index (χ1n) is 7.00. The van der Waals surface area contributed by atoms with E-state index < -0.39 is 0 Å². The zero-order valence-corrected chi connectivity index (χ0v) is 13.0. The van der Waals surface area contributed by atoms with Crippen LogP contribution >= 0.6 is 23.1 Å². The third-order valence-corrected chi connectivity index (χ3v) is 5.61. The molecule has 1 aromatic rings. The molecule has 112 valence electrons. The van der Waals surface area contributed by atoms with Crippen molar-refractivity contribution in [3.8, 4) is 0 Å². The standard InChI is InChI=1S/C14H16N2O3S2/c17-12-8-21-14(19)16(12)10-5-2-1-4-9(10)15-13(18)11-6-3-7-20-11/h3,6-7,9-10H,1-2,4-5,8H2,(H,15,18). The van der Waals surface area contributed by atoms with Crippen LogP contribution in [-0.2, 0) is 4.79 Å². The number of hydrogen-bond donors (Lipinski definition) is 1. The van der Waals surface area contributed by atoms with Gasteiger partial charge in [-0.3, -0.25) is 19.3 Å². The van der Waals surface area contributed by atoms with E-state index in [1.165, 1.54) is 16.2 Å². The number of carbonyl (C=O) groups is 3. The average Bonchev–Trinajstić information content (AvgIpc) is 3.11. The second-order valence-corrected chi connectivity index (χ2v) is 7.10. The number of thioether (sulfide) groups is 1. The van der Waals surface area contributed by atoms with Gasteiger partial charge in [-0.2, -0.15) is 0 Å². The highest BCUT2D eigenvalue weighted by Gasteiger charge is 2.41. The summed E-state index contributed by atoms with van der Waals surface area (Å²) in [7, 11) is 0. The van der Waals surface area contributed by atoms with E-state index in [9.17, 15) is 14.4 Å². The molecule has 0 radical (unpaired) electrons. The van der Waals surface area contributed by atoms with E-state index in [1.807, 2.05) is 11.4 Å². The molecule has 21 heavy (non-hydrogen) atoms. The van der Waals surface area contributed by atoms with Gasteiger partial charge >= 0.3 is 0 Å². The number of rotatable bonds is 3. The lowest BCUT2D eigenvalue weighted by Crippen LogP contribution is -2.54. The fourth-order valence-corrected chi connectivity index (χ4v) is 4.31. The summed E-state index contributed by atoms with van der Waals surface area (Å²) in [6.45, 7) is 0. The number of nitrogens with one attached hydrogen (secondary N) is 1. The van der Waals surface area contributed by atoms with Gasteiger partial charge in [-0.05, 0) is 24.3 Å². The van der Waals surface area contributed by atoms with E-state index in [4.69, 9.17) is 0 Å². The number of nitrogens with zero attached hydrogens (tertiary/aromatic N) is 1. The summed E-state index contributed by atoms with van der Waals surface area (Å²) in [5.74, 6) is -0.0260. The molecule has 0 spiro atoms. The lowest BCUT2D eigenvalue weighted by Gasteiger charge is -2.36. The van der Waals surface area contributed by atoms with Crippen LogP contribution in [0.1, 0.15) is 35.4 Å². The second-order valence-electron chi connectivity index (χ2n) is 5.23. The molecule has 0 bridgehead atoms. The second kappa shape index (κ2) is 6.19. The van der Waals surface area contributed by atoms with Gasteiger partial charge in [-0.15, -0.1) is 11.3 Å². The quantitative estimate of drug-likeness (QED) is 0.927. The van der Waals surface area contributed by atoms with Gasteiger partial charge in [0.1, 0.15) is 0 Å². The molecule has 1 aliphatic carbocycles. The predicted molar refractivity (Wildman–Crippen MR) is 82.5 cm³/mol. The third-order valence-electron chi connectivity index (χ3n) is 3.91. The number of amides is 3. The Balaban J connectivity index is 1.74. The zero-order valence-electron chi connectivity index (χ0n) is 11.4. The molecule has 3 amide bonds. The van der Waals surface area contributed by atoms with E-state index in [0.29, 0.717) is 4.88 Å². The predicted octanol–water partition coefficient (Wildman–Crippen LogP) is 2.48. The molecule has 1 N–H and O–H groups in total. The first kappa shape index (κ1) is 14.6. The van der Waals surface area contributed by atoms with Crippen molar-refractivity contribution in [2.75, 3.05) is 5.75 Å². The van der Waals surface area contributed by atoms with Gasteiger partial charge in [0.05, 0.1) is 22.7 Å². The summed E-state index contributed by atoms with van der Waals surface area (Å²) in [6.07, 6.45) is 3.57. The smallest absolute Gasteiger partial charge is 0.289 e. The molecule has 2 heterocycles. The summed E-state index contributed by atoms with van der Waals surface area (Å²) in [6, 6.07) is 3.28. The van der Waals surface area contributed by atoms with Crippen molar-refractivity contribution < 1.29 is 14.4 Å². The molecule has 3 rings (SSSR count). The van der Waals surface area contributed by atoms with Crippen molar-refractivity contribution in [1.29, 1.82) is 0 Å². The lowest BCUT2D eigenvalue weighted by molar-refractivity contribution is -0.127.